The van der Waals surface area contributed by atoms with Crippen molar-refractivity contribution in [3.8, 4) is 0 Å². The smallest absolute Gasteiger partial charge is 0.376 e. The molecule has 1 fully saturated rings. The summed E-state index contributed by atoms with van der Waals surface area (Å²) in [5, 5.41) is 3.43. The maximum absolute atomic E-state index is 11.5. The van der Waals surface area contributed by atoms with E-state index >= 15 is 0 Å². The second-order valence-electron chi connectivity index (χ2n) is 5.79. The third-order valence-electron chi connectivity index (χ3n) is 3.80. The summed E-state index contributed by atoms with van der Waals surface area (Å²) in [6.07, 6.45) is 3.56. The van der Waals surface area contributed by atoms with Gasteiger partial charge in [-0.3, -0.25) is 0 Å². The maximum atomic E-state index is 11.5. The van der Waals surface area contributed by atoms with E-state index in [1.165, 1.54) is 20.0 Å². The number of carbonyl (C=O) groups is 1. The van der Waals surface area contributed by atoms with E-state index in [0.29, 0.717) is 11.9 Å². The van der Waals surface area contributed by atoms with Gasteiger partial charge >= 0.3 is 5.97 Å². The van der Waals surface area contributed by atoms with Crippen molar-refractivity contribution in [2.75, 3.05) is 12.4 Å². The minimum atomic E-state index is -0.502. The Balaban J connectivity index is 2.21. The van der Waals surface area contributed by atoms with Crippen molar-refractivity contribution in [2.24, 2.45) is 5.41 Å². The number of nitrogens with zero attached hydrogens (tertiary/aromatic N) is 2. The van der Waals surface area contributed by atoms with Gasteiger partial charge in [-0.2, -0.15) is 0 Å². The van der Waals surface area contributed by atoms with Crippen molar-refractivity contribution in [2.45, 2.75) is 46.1 Å². The molecule has 0 aliphatic heterocycles. The molecule has 1 N–H and O–H groups in total. The number of esters is 1. The summed E-state index contributed by atoms with van der Waals surface area (Å²) in [6, 6.07) is 2.24. The number of nitrogens with one attached hydrogen (secondary N) is 1. The topological polar surface area (TPSA) is 64.1 Å². The Morgan fingerprint density at radius 1 is 1.47 bits per heavy atom. The predicted molar refractivity (Wildman–Crippen MR) is 73.2 cm³/mol. The zero-order chi connectivity index (χ0) is 14.0. The zero-order valence-electron chi connectivity index (χ0n) is 12.0. The van der Waals surface area contributed by atoms with Gasteiger partial charge in [0, 0.05) is 17.8 Å². The van der Waals surface area contributed by atoms with Crippen LogP contribution in [-0.4, -0.2) is 29.1 Å². The summed E-state index contributed by atoms with van der Waals surface area (Å²) < 4.78 is 4.67. The van der Waals surface area contributed by atoms with Gasteiger partial charge in [0.2, 0.25) is 5.82 Å². The van der Waals surface area contributed by atoms with Crippen LogP contribution in [-0.2, 0) is 4.74 Å². The first kappa shape index (κ1) is 13.8. The fraction of sp³-hybridized carbons (Fsp3) is 0.643. The van der Waals surface area contributed by atoms with Gasteiger partial charge in [-0.25, -0.2) is 14.8 Å². The van der Waals surface area contributed by atoms with Gasteiger partial charge in [-0.1, -0.05) is 20.3 Å². The molecule has 1 unspecified atom stereocenters. The lowest BCUT2D eigenvalue weighted by Gasteiger charge is -2.28. The molecule has 19 heavy (non-hydrogen) atoms. The van der Waals surface area contributed by atoms with Crippen LogP contribution in [0.15, 0.2) is 6.07 Å². The van der Waals surface area contributed by atoms with Crippen LogP contribution in [0.25, 0.3) is 0 Å². The highest BCUT2D eigenvalue weighted by atomic mass is 16.5. The molecule has 104 valence electrons. The van der Waals surface area contributed by atoms with Gasteiger partial charge in [0.25, 0.3) is 0 Å². The Bertz CT molecular complexity index is 486. The van der Waals surface area contributed by atoms with E-state index < -0.39 is 5.97 Å². The lowest BCUT2D eigenvalue weighted by molar-refractivity contribution is 0.0586. The molecule has 0 saturated heterocycles. The molecule has 1 aromatic rings. The van der Waals surface area contributed by atoms with E-state index in [9.17, 15) is 4.79 Å². The fourth-order valence-electron chi connectivity index (χ4n) is 2.60. The summed E-state index contributed by atoms with van der Waals surface area (Å²) in [4.78, 5) is 19.8. The van der Waals surface area contributed by atoms with Crippen LogP contribution in [0, 0.1) is 12.3 Å². The molecule has 0 spiro atoms. The minimum Gasteiger partial charge on any atom is -0.463 e. The standard InChI is InChI=1S/C14H21N3O2/c1-9-8-11(17-12(15-9)13(18)19-4)16-10-6-5-7-14(10,2)3/h8,10H,5-7H2,1-4H3,(H,15,16,17). The second kappa shape index (κ2) is 5.15. The molecule has 1 heterocycles. The van der Waals surface area contributed by atoms with Crippen molar-refractivity contribution in [1.29, 1.82) is 0 Å². The number of ether oxygens (including phenoxy) is 1. The third kappa shape index (κ3) is 3.03. The van der Waals surface area contributed by atoms with Crippen molar-refractivity contribution in [3.05, 3.63) is 17.6 Å². The molecule has 1 aromatic heterocycles. The first-order valence-electron chi connectivity index (χ1n) is 6.63. The number of aryl methyl sites for hydroxylation is 1. The summed E-state index contributed by atoms with van der Waals surface area (Å²) >= 11 is 0. The molecule has 1 saturated carbocycles. The van der Waals surface area contributed by atoms with Crippen LogP contribution in [0.1, 0.15) is 49.4 Å². The molecule has 5 nitrogen and oxygen atoms in total. The van der Waals surface area contributed by atoms with Crippen LogP contribution in [0.2, 0.25) is 0 Å². The quantitative estimate of drug-likeness (QED) is 0.849. The number of carbonyl (C=O) groups excluding carboxylic acids is 1. The van der Waals surface area contributed by atoms with Crippen LogP contribution in [0.4, 0.5) is 5.82 Å². The van der Waals surface area contributed by atoms with E-state index in [1.807, 2.05) is 13.0 Å². The highest BCUT2D eigenvalue weighted by Crippen LogP contribution is 2.38. The maximum Gasteiger partial charge on any atom is 0.376 e. The molecule has 1 atom stereocenters. The van der Waals surface area contributed by atoms with E-state index in [2.05, 4.69) is 33.9 Å². The van der Waals surface area contributed by atoms with Crippen molar-refractivity contribution in [1.82, 2.24) is 9.97 Å². The van der Waals surface area contributed by atoms with Gasteiger partial charge in [0.05, 0.1) is 7.11 Å². The number of anilines is 1. The third-order valence-corrected chi connectivity index (χ3v) is 3.80. The average Bonchev–Trinajstić information content (AvgIpc) is 2.67. The molecule has 1 aliphatic rings. The van der Waals surface area contributed by atoms with Crippen LogP contribution in [0.3, 0.4) is 0 Å². The van der Waals surface area contributed by atoms with Crippen LogP contribution in [0.5, 0.6) is 0 Å². The highest BCUT2D eigenvalue weighted by molar-refractivity contribution is 5.85. The lowest BCUT2D eigenvalue weighted by Crippen LogP contribution is -2.31. The molecule has 0 aromatic carbocycles. The summed E-state index contributed by atoms with van der Waals surface area (Å²) in [5.74, 6) is 0.311. The molecular formula is C14H21N3O2. The molecule has 0 radical (unpaired) electrons. The van der Waals surface area contributed by atoms with Crippen molar-refractivity contribution >= 4 is 11.8 Å². The van der Waals surface area contributed by atoms with E-state index in [0.717, 1.165) is 12.1 Å². The summed E-state index contributed by atoms with van der Waals surface area (Å²) in [7, 11) is 1.33. The Morgan fingerprint density at radius 3 is 2.79 bits per heavy atom. The van der Waals surface area contributed by atoms with Gasteiger partial charge in [0.15, 0.2) is 0 Å². The predicted octanol–water partition coefficient (Wildman–Crippen LogP) is 2.56. The molecule has 1 aliphatic carbocycles. The Labute approximate surface area is 113 Å². The molecule has 5 heteroatoms. The van der Waals surface area contributed by atoms with Crippen LogP contribution < -0.4 is 5.32 Å². The Hall–Kier alpha value is -1.65. The second-order valence-corrected chi connectivity index (χ2v) is 5.79. The van der Waals surface area contributed by atoms with E-state index in [-0.39, 0.29) is 11.2 Å². The summed E-state index contributed by atoms with van der Waals surface area (Å²) in [6.45, 7) is 6.36. The number of hydrogen-bond donors (Lipinski definition) is 1. The van der Waals surface area contributed by atoms with E-state index in [1.54, 1.807) is 0 Å². The van der Waals surface area contributed by atoms with Crippen molar-refractivity contribution in [3.63, 3.8) is 0 Å². The highest BCUT2D eigenvalue weighted by Gasteiger charge is 2.34. The normalized spacial score (nSPS) is 21.2. The lowest BCUT2D eigenvalue weighted by atomic mass is 9.87. The monoisotopic (exact) mass is 263 g/mol. The Morgan fingerprint density at radius 2 is 2.21 bits per heavy atom. The zero-order valence-corrected chi connectivity index (χ0v) is 12.0. The van der Waals surface area contributed by atoms with Gasteiger partial charge < -0.3 is 10.1 Å². The van der Waals surface area contributed by atoms with Gasteiger partial charge in [-0.15, -0.1) is 0 Å². The largest absolute Gasteiger partial charge is 0.463 e. The molecule has 0 bridgehead atoms. The SMILES string of the molecule is COC(=O)c1nc(C)cc(NC2CCCC2(C)C)n1. The number of aromatic nitrogens is 2. The first-order valence-corrected chi connectivity index (χ1v) is 6.63. The van der Waals surface area contributed by atoms with E-state index in [4.69, 9.17) is 0 Å². The van der Waals surface area contributed by atoms with Gasteiger partial charge in [0.1, 0.15) is 5.82 Å². The summed E-state index contributed by atoms with van der Waals surface area (Å²) in [5.41, 5.74) is 1.01. The van der Waals surface area contributed by atoms with Gasteiger partial charge in [-0.05, 0) is 25.2 Å². The fourth-order valence-corrected chi connectivity index (χ4v) is 2.60. The number of methoxy groups -OCH3 is 1. The number of rotatable bonds is 3. The number of hydrogen-bond acceptors (Lipinski definition) is 5. The van der Waals surface area contributed by atoms with Crippen LogP contribution >= 0.6 is 0 Å². The molecular weight excluding hydrogens is 242 g/mol. The average molecular weight is 263 g/mol. The minimum absolute atomic E-state index is 0.112. The Kier molecular flexibility index (Phi) is 3.73. The first-order chi connectivity index (χ1) is 8.92. The molecule has 0 amide bonds. The molecule has 2 rings (SSSR count). The van der Waals surface area contributed by atoms with Crippen molar-refractivity contribution < 1.29 is 9.53 Å².